The third-order valence-electron chi connectivity index (χ3n) is 3.64. The zero-order chi connectivity index (χ0) is 13.1. The molecule has 1 unspecified atom stereocenters. The molecule has 1 fully saturated rings. The van der Waals surface area contributed by atoms with Crippen molar-refractivity contribution in [1.82, 2.24) is 14.8 Å². The first kappa shape index (κ1) is 13.1. The van der Waals surface area contributed by atoms with E-state index in [1.165, 1.54) is 25.7 Å². The van der Waals surface area contributed by atoms with E-state index >= 15 is 0 Å². The molecule has 1 atom stereocenters. The molecule has 1 saturated carbocycles. The van der Waals surface area contributed by atoms with Crippen molar-refractivity contribution in [3.63, 3.8) is 0 Å². The van der Waals surface area contributed by atoms with Crippen LogP contribution in [-0.4, -0.2) is 25.8 Å². The van der Waals surface area contributed by atoms with E-state index in [1.807, 2.05) is 18.7 Å². The highest BCUT2D eigenvalue weighted by Crippen LogP contribution is 2.32. The summed E-state index contributed by atoms with van der Waals surface area (Å²) in [7, 11) is 1.90. The third-order valence-corrected chi connectivity index (χ3v) is 3.64. The fourth-order valence-corrected chi connectivity index (χ4v) is 2.65. The van der Waals surface area contributed by atoms with Gasteiger partial charge in [0, 0.05) is 25.8 Å². The summed E-state index contributed by atoms with van der Waals surface area (Å²) in [6.07, 6.45) is 5.79. The molecular weight excluding hydrogens is 230 g/mol. The molecule has 18 heavy (non-hydrogen) atoms. The standard InChI is InChI=1S/C13H21N3O2/c1-9(8-12(17)18)7-11-14-13(15-16(11)2)10-5-3-4-6-10/h9-10H,3-8H2,1-2H3,(H,17,18). The molecular formula is C13H21N3O2. The van der Waals surface area contributed by atoms with Gasteiger partial charge in [-0.3, -0.25) is 9.48 Å². The fraction of sp³-hybridized carbons (Fsp3) is 0.769. The maximum Gasteiger partial charge on any atom is 0.303 e. The van der Waals surface area contributed by atoms with Gasteiger partial charge >= 0.3 is 5.97 Å². The molecule has 100 valence electrons. The van der Waals surface area contributed by atoms with Crippen molar-refractivity contribution >= 4 is 5.97 Å². The van der Waals surface area contributed by atoms with Crippen LogP contribution in [0.2, 0.25) is 0 Å². The van der Waals surface area contributed by atoms with Crippen molar-refractivity contribution in [3.8, 4) is 0 Å². The molecule has 1 aliphatic carbocycles. The van der Waals surface area contributed by atoms with E-state index in [0.29, 0.717) is 12.3 Å². The van der Waals surface area contributed by atoms with E-state index in [0.717, 1.165) is 11.6 Å². The Morgan fingerprint density at radius 2 is 2.17 bits per heavy atom. The highest BCUT2D eigenvalue weighted by Gasteiger charge is 2.22. The highest BCUT2D eigenvalue weighted by molar-refractivity contribution is 5.66. The quantitative estimate of drug-likeness (QED) is 0.870. The molecule has 0 saturated heterocycles. The Morgan fingerprint density at radius 3 is 2.78 bits per heavy atom. The number of aliphatic carboxylic acids is 1. The highest BCUT2D eigenvalue weighted by atomic mass is 16.4. The summed E-state index contributed by atoms with van der Waals surface area (Å²) >= 11 is 0. The zero-order valence-corrected chi connectivity index (χ0v) is 11.1. The molecule has 2 rings (SSSR count). The predicted octanol–water partition coefficient (Wildman–Crippen LogP) is 2.13. The Balaban J connectivity index is 2.02. The van der Waals surface area contributed by atoms with Crippen molar-refractivity contribution in [1.29, 1.82) is 0 Å². The van der Waals surface area contributed by atoms with Gasteiger partial charge in [-0.15, -0.1) is 0 Å². The van der Waals surface area contributed by atoms with Crippen LogP contribution >= 0.6 is 0 Å². The Labute approximate surface area is 107 Å². The van der Waals surface area contributed by atoms with Gasteiger partial charge in [0.1, 0.15) is 5.82 Å². The van der Waals surface area contributed by atoms with Gasteiger partial charge in [0.15, 0.2) is 5.82 Å². The minimum atomic E-state index is -0.749. The van der Waals surface area contributed by atoms with Crippen LogP contribution in [0.1, 0.15) is 56.6 Å². The lowest BCUT2D eigenvalue weighted by Gasteiger charge is -2.06. The summed E-state index contributed by atoms with van der Waals surface area (Å²) in [5.74, 6) is 1.72. The van der Waals surface area contributed by atoms with Crippen molar-refractivity contribution in [2.24, 2.45) is 13.0 Å². The second kappa shape index (κ2) is 5.50. The van der Waals surface area contributed by atoms with Gasteiger partial charge in [-0.1, -0.05) is 19.8 Å². The van der Waals surface area contributed by atoms with Gasteiger partial charge in [0.2, 0.25) is 0 Å². The summed E-state index contributed by atoms with van der Waals surface area (Å²) in [4.78, 5) is 15.3. The molecule has 1 aromatic heterocycles. The molecule has 1 heterocycles. The molecule has 1 aliphatic rings. The first-order valence-electron chi connectivity index (χ1n) is 6.68. The molecule has 0 radical (unpaired) electrons. The van der Waals surface area contributed by atoms with Crippen molar-refractivity contribution in [2.45, 2.75) is 51.4 Å². The molecule has 0 amide bonds. The van der Waals surface area contributed by atoms with Crippen LogP contribution in [0.4, 0.5) is 0 Å². The summed E-state index contributed by atoms with van der Waals surface area (Å²) in [6, 6.07) is 0. The van der Waals surface area contributed by atoms with Crippen LogP contribution in [0.3, 0.4) is 0 Å². The van der Waals surface area contributed by atoms with E-state index in [-0.39, 0.29) is 12.3 Å². The third kappa shape index (κ3) is 3.09. The van der Waals surface area contributed by atoms with Crippen LogP contribution in [0.5, 0.6) is 0 Å². The summed E-state index contributed by atoms with van der Waals surface area (Å²) in [5, 5.41) is 13.2. The predicted molar refractivity (Wildman–Crippen MR) is 67.3 cm³/mol. The molecule has 0 bridgehead atoms. The monoisotopic (exact) mass is 251 g/mol. The SMILES string of the molecule is CC(CC(=O)O)Cc1nc(C2CCCC2)nn1C. The number of aromatic nitrogens is 3. The normalized spacial score (nSPS) is 18.1. The Morgan fingerprint density at radius 1 is 1.50 bits per heavy atom. The second-order valence-corrected chi connectivity index (χ2v) is 5.40. The van der Waals surface area contributed by atoms with E-state index in [1.54, 1.807) is 0 Å². The fourth-order valence-electron chi connectivity index (χ4n) is 2.65. The first-order valence-corrected chi connectivity index (χ1v) is 6.68. The zero-order valence-electron chi connectivity index (χ0n) is 11.1. The molecule has 0 aromatic carbocycles. The van der Waals surface area contributed by atoms with E-state index in [4.69, 9.17) is 5.11 Å². The average molecular weight is 251 g/mol. The van der Waals surface area contributed by atoms with Gasteiger partial charge < -0.3 is 5.11 Å². The lowest BCUT2D eigenvalue weighted by atomic mass is 10.0. The summed E-state index contributed by atoms with van der Waals surface area (Å²) < 4.78 is 1.81. The average Bonchev–Trinajstić information content (AvgIpc) is 2.87. The number of hydrogen-bond acceptors (Lipinski definition) is 3. The van der Waals surface area contributed by atoms with Gasteiger partial charge in [-0.25, -0.2) is 4.98 Å². The first-order chi connectivity index (χ1) is 8.56. The van der Waals surface area contributed by atoms with E-state index in [2.05, 4.69) is 10.1 Å². The molecule has 1 N–H and O–H groups in total. The lowest BCUT2D eigenvalue weighted by Crippen LogP contribution is -2.10. The number of hydrogen-bond donors (Lipinski definition) is 1. The van der Waals surface area contributed by atoms with Crippen molar-refractivity contribution in [3.05, 3.63) is 11.6 Å². The number of carbonyl (C=O) groups is 1. The van der Waals surface area contributed by atoms with Gasteiger partial charge in [0.05, 0.1) is 0 Å². The van der Waals surface area contributed by atoms with Crippen LogP contribution in [0.15, 0.2) is 0 Å². The number of nitrogens with zero attached hydrogens (tertiary/aromatic N) is 3. The molecule has 0 spiro atoms. The van der Waals surface area contributed by atoms with Crippen LogP contribution < -0.4 is 0 Å². The summed E-state index contributed by atoms with van der Waals surface area (Å²) in [5.41, 5.74) is 0. The minimum Gasteiger partial charge on any atom is -0.481 e. The topological polar surface area (TPSA) is 68.0 Å². The van der Waals surface area contributed by atoms with Gasteiger partial charge in [-0.2, -0.15) is 5.10 Å². The van der Waals surface area contributed by atoms with Crippen molar-refractivity contribution < 1.29 is 9.90 Å². The van der Waals surface area contributed by atoms with Gasteiger partial charge in [-0.05, 0) is 18.8 Å². The van der Waals surface area contributed by atoms with Gasteiger partial charge in [0.25, 0.3) is 0 Å². The Hall–Kier alpha value is -1.39. The maximum atomic E-state index is 10.7. The van der Waals surface area contributed by atoms with E-state index in [9.17, 15) is 4.79 Å². The summed E-state index contributed by atoms with van der Waals surface area (Å²) in [6.45, 7) is 1.94. The molecule has 1 aromatic rings. The maximum absolute atomic E-state index is 10.7. The number of rotatable bonds is 5. The second-order valence-electron chi connectivity index (χ2n) is 5.40. The molecule has 5 nitrogen and oxygen atoms in total. The Bertz CT molecular complexity index is 422. The van der Waals surface area contributed by atoms with Crippen LogP contribution in [0.25, 0.3) is 0 Å². The molecule has 5 heteroatoms. The van der Waals surface area contributed by atoms with Crippen molar-refractivity contribution in [2.75, 3.05) is 0 Å². The number of carboxylic acids is 1. The number of aryl methyl sites for hydroxylation is 1. The minimum absolute atomic E-state index is 0.0989. The van der Waals surface area contributed by atoms with Crippen LogP contribution in [-0.2, 0) is 18.3 Å². The van der Waals surface area contributed by atoms with E-state index < -0.39 is 5.97 Å². The Kier molecular flexibility index (Phi) is 3.99. The number of carboxylic acid groups (broad SMARTS) is 1. The molecule has 0 aliphatic heterocycles. The lowest BCUT2D eigenvalue weighted by molar-refractivity contribution is -0.137. The van der Waals surface area contributed by atoms with Crippen LogP contribution in [0, 0.1) is 5.92 Å². The largest absolute Gasteiger partial charge is 0.481 e. The smallest absolute Gasteiger partial charge is 0.303 e.